The first-order valence-corrected chi connectivity index (χ1v) is 7.96. The van der Waals surface area contributed by atoms with Crippen molar-refractivity contribution in [1.29, 1.82) is 0 Å². The third kappa shape index (κ3) is 4.52. The first-order chi connectivity index (χ1) is 14.2. The van der Waals surface area contributed by atoms with Gasteiger partial charge >= 0.3 is 17.6 Å². The SMILES string of the molecule is COC(=O)c1cc(OC)cc(C(=O)OC)c1N=Nc1ccc([N+](=O)[O-])cc1[N+](=O)[O-]. The summed E-state index contributed by atoms with van der Waals surface area (Å²) >= 11 is 0. The third-order valence-electron chi connectivity index (χ3n) is 3.75. The van der Waals surface area contributed by atoms with Crippen LogP contribution >= 0.6 is 0 Å². The van der Waals surface area contributed by atoms with E-state index in [1.807, 2.05) is 0 Å². The van der Waals surface area contributed by atoms with E-state index in [-0.39, 0.29) is 28.3 Å². The molecule has 156 valence electrons. The van der Waals surface area contributed by atoms with E-state index in [1.54, 1.807) is 0 Å². The maximum Gasteiger partial charge on any atom is 0.340 e. The minimum atomic E-state index is -0.883. The van der Waals surface area contributed by atoms with Crippen LogP contribution in [-0.2, 0) is 9.47 Å². The first kappa shape index (κ1) is 21.9. The molecule has 0 bridgehead atoms. The fraction of sp³-hybridized carbons (Fsp3) is 0.176. The zero-order valence-corrected chi connectivity index (χ0v) is 15.8. The summed E-state index contributed by atoms with van der Waals surface area (Å²) in [6.07, 6.45) is 0. The number of carbonyl (C=O) groups excluding carboxylic acids is 2. The number of ether oxygens (including phenoxy) is 3. The zero-order chi connectivity index (χ0) is 22.4. The van der Waals surface area contributed by atoms with Gasteiger partial charge in [0.25, 0.3) is 5.69 Å². The van der Waals surface area contributed by atoms with Gasteiger partial charge in [0.1, 0.15) is 11.4 Å². The van der Waals surface area contributed by atoms with Crippen LogP contribution in [0.2, 0.25) is 0 Å². The molecule has 0 unspecified atom stereocenters. The number of hydrogen-bond donors (Lipinski definition) is 0. The van der Waals surface area contributed by atoms with Crippen molar-refractivity contribution in [3.05, 3.63) is 61.7 Å². The van der Waals surface area contributed by atoms with E-state index in [4.69, 9.17) is 4.74 Å². The molecule has 0 heterocycles. The molecule has 0 amide bonds. The van der Waals surface area contributed by atoms with Gasteiger partial charge < -0.3 is 14.2 Å². The van der Waals surface area contributed by atoms with Gasteiger partial charge in [-0.1, -0.05) is 0 Å². The third-order valence-corrected chi connectivity index (χ3v) is 3.75. The van der Waals surface area contributed by atoms with E-state index in [9.17, 15) is 29.8 Å². The van der Waals surface area contributed by atoms with Crippen LogP contribution in [0.25, 0.3) is 0 Å². The second kappa shape index (κ2) is 9.18. The van der Waals surface area contributed by atoms with E-state index in [0.717, 1.165) is 26.4 Å². The van der Waals surface area contributed by atoms with Gasteiger partial charge in [0, 0.05) is 6.07 Å². The lowest BCUT2D eigenvalue weighted by Gasteiger charge is -2.10. The average molecular weight is 418 g/mol. The van der Waals surface area contributed by atoms with Crippen LogP contribution in [0, 0.1) is 20.2 Å². The van der Waals surface area contributed by atoms with Gasteiger partial charge in [-0.25, -0.2) is 9.59 Å². The van der Waals surface area contributed by atoms with Crippen molar-refractivity contribution in [2.75, 3.05) is 21.3 Å². The van der Waals surface area contributed by atoms with E-state index in [2.05, 4.69) is 19.7 Å². The molecule has 0 saturated carbocycles. The molecule has 2 aromatic carbocycles. The summed E-state index contributed by atoms with van der Waals surface area (Å²) in [7, 11) is 3.50. The minimum absolute atomic E-state index is 0.121. The molecule has 0 aliphatic carbocycles. The molecule has 0 fully saturated rings. The summed E-state index contributed by atoms with van der Waals surface area (Å²) in [6.45, 7) is 0. The number of hydrogen-bond acceptors (Lipinski definition) is 11. The molecule has 0 aliphatic rings. The highest BCUT2D eigenvalue weighted by Gasteiger charge is 2.24. The van der Waals surface area contributed by atoms with E-state index in [1.165, 1.54) is 19.2 Å². The number of esters is 2. The Hall–Kier alpha value is -4.42. The number of nitrogens with zero attached hydrogens (tertiary/aromatic N) is 4. The lowest BCUT2D eigenvalue weighted by atomic mass is 10.1. The number of non-ortho nitro benzene ring substituents is 1. The largest absolute Gasteiger partial charge is 0.497 e. The van der Waals surface area contributed by atoms with Crippen LogP contribution in [0.4, 0.5) is 22.7 Å². The van der Waals surface area contributed by atoms with Crippen molar-refractivity contribution in [1.82, 2.24) is 0 Å². The molecule has 0 aliphatic heterocycles. The van der Waals surface area contributed by atoms with Crippen LogP contribution in [0.1, 0.15) is 20.7 Å². The highest BCUT2D eigenvalue weighted by Crippen LogP contribution is 2.36. The molecule has 13 nitrogen and oxygen atoms in total. The summed E-state index contributed by atoms with van der Waals surface area (Å²) in [5, 5.41) is 29.6. The minimum Gasteiger partial charge on any atom is -0.497 e. The van der Waals surface area contributed by atoms with Crippen LogP contribution in [0.3, 0.4) is 0 Å². The van der Waals surface area contributed by atoms with Gasteiger partial charge in [0.15, 0.2) is 5.69 Å². The Morgan fingerprint density at radius 3 is 1.87 bits per heavy atom. The molecular weight excluding hydrogens is 404 g/mol. The maximum atomic E-state index is 12.2. The van der Waals surface area contributed by atoms with Crippen molar-refractivity contribution in [2.45, 2.75) is 0 Å². The number of methoxy groups -OCH3 is 3. The van der Waals surface area contributed by atoms with Crippen molar-refractivity contribution in [3.8, 4) is 5.75 Å². The molecule has 2 rings (SSSR count). The summed E-state index contributed by atoms with van der Waals surface area (Å²) in [5.74, 6) is -1.64. The second-order valence-electron chi connectivity index (χ2n) is 5.44. The van der Waals surface area contributed by atoms with Gasteiger partial charge in [-0.3, -0.25) is 20.2 Å². The molecule has 0 radical (unpaired) electrons. The Labute approximate surface area is 168 Å². The molecule has 30 heavy (non-hydrogen) atoms. The molecule has 0 saturated heterocycles. The molecule has 2 aromatic rings. The highest BCUT2D eigenvalue weighted by atomic mass is 16.6. The fourth-order valence-corrected chi connectivity index (χ4v) is 2.32. The van der Waals surface area contributed by atoms with Gasteiger partial charge in [0.05, 0.1) is 48.4 Å². The Morgan fingerprint density at radius 1 is 0.867 bits per heavy atom. The predicted molar refractivity (Wildman–Crippen MR) is 99.6 cm³/mol. The lowest BCUT2D eigenvalue weighted by Crippen LogP contribution is -2.08. The number of nitro groups is 2. The maximum absolute atomic E-state index is 12.2. The highest BCUT2D eigenvalue weighted by molar-refractivity contribution is 6.04. The lowest BCUT2D eigenvalue weighted by molar-refractivity contribution is -0.393. The van der Waals surface area contributed by atoms with Crippen LogP contribution in [0.15, 0.2) is 40.6 Å². The number of benzene rings is 2. The normalized spacial score (nSPS) is 10.5. The summed E-state index contributed by atoms with van der Waals surface area (Å²) < 4.78 is 14.4. The Balaban J connectivity index is 2.71. The second-order valence-corrected chi connectivity index (χ2v) is 5.44. The topological polar surface area (TPSA) is 173 Å². The Kier molecular flexibility index (Phi) is 6.70. The fourth-order valence-electron chi connectivity index (χ4n) is 2.32. The molecule has 0 atom stereocenters. The van der Waals surface area contributed by atoms with E-state index in [0.29, 0.717) is 6.07 Å². The Morgan fingerprint density at radius 2 is 1.43 bits per heavy atom. The smallest absolute Gasteiger partial charge is 0.340 e. The number of rotatable bonds is 7. The molecular formula is C17H14N4O9. The van der Waals surface area contributed by atoms with Crippen LogP contribution in [-0.4, -0.2) is 43.1 Å². The zero-order valence-electron chi connectivity index (χ0n) is 15.8. The van der Waals surface area contributed by atoms with Crippen molar-refractivity contribution in [3.63, 3.8) is 0 Å². The number of nitro benzene ring substituents is 2. The standard InChI is InChI=1S/C17H14N4O9/c1-28-10-7-11(16(22)29-2)15(12(8-10)17(23)30-3)19-18-13-5-4-9(20(24)25)6-14(13)21(26)27/h4-8H,1-3H3. The van der Waals surface area contributed by atoms with E-state index >= 15 is 0 Å². The Bertz CT molecular complexity index is 1030. The van der Waals surface area contributed by atoms with Gasteiger partial charge in [0.2, 0.25) is 0 Å². The van der Waals surface area contributed by atoms with Crippen LogP contribution < -0.4 is 4.74 Å². The summed E-state index contributed by atoms with van der Waals surface area (Å²) in [6, 6.07) is 5.19. The quantitative estimate of drug-likeness (QED) is 0.282. The summed E-state index contributed by atoms with van der Waals surface area (Å²) in [4.78, 5) is 44.7. The van der Waals surface area contributed by atoms with Gasteiger partial charge in [-0.2, -0.15) is 0 Å². The van der Waals surface area contributed by atoms with Gasteiger partial charge in [-0.15, -0.1) is 10.2 Å². The first-order valence-electron chi connectivity index (χ1n) is 7.96. The van der Waals surface area contributed by atoms with Crippen molar-refractivity contribution >= 4 is 34.7 Å². The van der Waals surface area contributed by atoms with Crippen molar-refractivity contribution < 1.29 is 33.6 Å². The summed E-state index contributed by atoms with van der Waals surface area (Å²) in [5.41, 5.74) is -2.28. The molecule has 0 aromatic heterocycles. The molecule has 0 N–H and O–H groups in total. The van der Waals surface area contributed by atoms with Crippen molar-refractivity contribution in [2.24, 2.45) is 10.2 Å². The van der Waals surface area contributed by atoms with Gasteiger partial charge in [-0.05, 0) is 18.2 Å². The van der Waals surface area contributed by atoms with E-state index < -0.39 is 33.2 Å². The monoisotopic (exact) mass is 418 g/mol. The molecule has 0 spiro atoms. The average Bonchev–Trinajstić information content (AvgIpc) is 2.75. The number of azo groups is 1. The molecule has 13 heteroatoms. The van der Waals surface area contributed by atoms with Crippen LogP contribution in [0.5, 0.6) is 5.75 Å². The number of carbonyl (C=O) groups is 2. The predicted octanol–water partition coefficient (Wildman–Crippen LogP) is 3.50.